The summed E-state index contributed by atoms with van der Waals surface area (Å²) in [7, 11) is -2.73. The summed E-state index contributed by atoms with van der Waals surface area (Å²) in [5.41, 5.74) is 12.3. The predicted octanol–water partition coefficient (Wildman–Crippen LogP) is 7.51. The van der Waals surface area contributed by atoms with E-state index in [0.717, 1.165) is 56.7 Å². The zero-order valence-corrected chi connectivity index (χ0v) is 52.4. The number of hydrogen-bond donors (Lipinski definition) is 6. The van der Waals surface area contributed by atoms with Gasteiger partial charge in [-0.25, -0.2) is 9.59 Å². The molecule has 0 bridgehead atoms. The summed E-state index contributed by atoms with van der Waals surface area (Å²) < 4.78 is 62.0. The molecule has 7 rings (SSSR count). The fraction of sp³-hybridized carbons (Fsp3) is 0.433. The Morgan fingerprint density at radius 1 is 0.885 bits per heavy atom. The maximum Gasteiger partial charge on any atom is 0.407 e. The third kappa shape index (κ3) is 17.7. The number of carbonyl (C=O) groups excluding carboxylic acids is 5. The van der Waals surface area contributed by atoms with Crippen LogP contribution in [0.4, 0.5) is 4.79 Å². The summed E-state index contributed by atoms with van der Waals surface area (Å²) in [6.45, 7) is 21.9. The normalized spacial score (nSPS) is 16.1. The fourth-order valence-electron chi connectivity index (χ4n) is 11.0. The van der Waals surface area contributed by atoms with E-state index < -0.39 is 81.7 Å². The zero-order valence-electron chi connectivity index (χ0n) is 51.6. The van der Waals surface area contributed by atoms with E-state index >= 15 is 0 Å². The molecule has 7 N–H and O–H groups in total. The van der Waals surface area contributed by atoms with Crippen LogP contribution in [0, 0.1) is 20.8 Å². The molecule has 4 atom stereocenters. The van der Waals surface area contributed by atoms with E-state index in [2.05, 4.69) is 68.4 Å². The lowest BCUT2D eigenvalue weighted by Crippen LogP contribution is -2.56. The number of amides is 4. The standard InChI is InChI=1S/C67H85N7O12S/c1-12-22-53(63(78)84-39-45-23-14-13-15-24-45)73-62(77)52(33-30-41(2)70-64(68)74-87(80,81)60-43(4)42(3)59-48(44(60)5)36-37-67(9,10)85-59)72-61(76)51(29-20-21-38-69-65(79)86-66(6,7)8)71-56(75)40-83-55-35-32-47-26-17-19-28-50(47)58(55)57-49-27-18-16-25-46(49)31-34-54(57)82-11/h12-16,18-19,23-25,27-28,31-32,35,51-54H,1-2,17,20-22,26,29-30,33-34,36-40H2,3-11H3,(H,69,79)(H,71,75)(H,72,76)(H,73,77)(H3,68,70,74)/t51-,52-,53+,54?/m1/s1. The molecule has 4 amide bonds. The number of sulfonamides is 1. The number of guanidine groups is 1. The van der Waals surface area contributed by atoms with E-state index in [-0.39, 0.29) is 55.5 Å². The van der Waals surface area contributed by atoms with Crippen LogP contribution in [0.5, 0.6) is 11.5 Å². The molecule has 466 valence electrons. The van der Waals surface area contributed by atoms with Gasteiger partial charge in [-0.05, 0) is 181 Å². The monoisotopic (exact) mass is 1210 g/mol. The minimum absolute atomic E-state index is 0.0187. The first-order valence-corrected chi connectivity index (χ1v) is 31.1. The first kappa shape index (κ1) is 66.3. The summed E-state index contributed by atoms with van der Waals surface area (Å²) in [5.74, 6) is -2.32. The lowest BCUT2D eigenvalue weighted by molar-refractivity contribution is -0.149. The van der Waals surface area contributed by atoms with Gasteiger partial charge in [0, 0.05) is 30.5 Å². The van der Waals surface area contributed by atoms with Crippen molar-refractivity contribution in [3.8, 4) is 11.5 Å². The molecule has 0 aromatic heterocycles. The summed E-state index contributed by atoms with van der Waals surface area (Å²) in [6.07, 6.45) is 10.9. The van der Waals surface area contributed by atoms with Crippen LogP contribution >= 0.6 is 0 Å². The summed E-state index contributed by atoms with van der Waals surface area (Å²) >= 11 is 0. The minimum atomic E-state index is -4.40. The van der Waals surface area contributed by atoms with Crippen LogP contribution < -0.4 is 52.2 Å². The van der Waals surface area contributed by atoms with E-state index in [1.54, 1.807) is 66.0 Å². The number of aryl methyl sites for hydroxylation is 1. The van der Waals surface area contributed by atoms with E-state index in [9.17, 15) is 32.4 Å². The number of allylic oxidation sites excluding steroid dienone is 2. The number of fused-ring (bicyclic) bond motifs is 3. The highest BCUT2D eigenvalue weighted by Gasteiger charge is 2.35. The van der Waals surface area contributed by atoms with Gasteiger partial charge in [-0.1, -0.05) is 91.5 Å². The second kappa shape index (κ2) is 29.4. The van der Waals surface area contributed by atoms with Crippen LogP contribution in [0.25, 0.3) is 17.7 Å². The largest absolute Gasteiger partial charge is 0.487 e. The number of nitrogens with two attached hydrogens (primary N) is 1. The maximum absolute atomic E-state index is 14.8. The molecule has 2 aliphatic carbocycles. The van der Waals surface area contributed by atoms with Crippen LogP contribution in [0.3, 0.4) is 0 Å². The summed E-state index contributed by atoms with van der Waals surface area (Å²) in [5, 5.41) is 15.9. The van der Waals surface area contributed by atoms with Crippen molar-refractivity contribution in [2.75, 3.05) is 20.3 Å². The van der Waals surface area contributed by atoms with E-state index in [1.807, 2.05) is 57.2 Å². The van der Waals surface area contributed by atoms with Gasteiger partial charge in [0.05, 0.1) is 11.0 Å². The van der Waals surface area contributed by atoms with Gasteiger partial charge in [0.1, 0.15) is 47.4 Å². The number of hydrogen-bond acceptors (Lipinski definition) is 12. The number of nitrogens with zero attached hydrogens (tertiary/aromatic N) is 1. The molecule has 1 aliphatic heterocycles. The van der Waals surface area contributed by atoms with Crippen molar-refractivity contribution >= 4 is 63.5 Å². The van der Waals surface area contributed by atoms with E-state index in [4.69, 9.17) is 29.4 Å². The minimum Gasteiger partial charge on any atom is -0.487 e. The second-order valence-electron chi connectivity index (χ2n) is 23.8. The molecule has 0 radical (unpaired) electrons. The van der Waals surface area contributed by atoms with Crippen molar-refractivity contribution < 1.29 is 56.1 Å². The molecule has 0 saturated heterocycles. The number of rotatable bonds is 26. The van der Waals surface area contributed by atoms with Gasteiger partial charge < -0.3 is 56.0 Å². The van der Waals surface area contributed by atoms with Crippen LogP contribution in [0.2, 0.25) is 0 Å². The average molecular weight is 1210 g/mol. The number of nitrogens with one attached hydrogen (secondary N) is 5. The van der Waals surface area contributed by atoms with E-state index in [1.165, 1.54) is 6.08 Å². The van der Waals surface area contributed by atoms with Gasteiger partial charge in [0.25, 0.3) is 15.9 Å². The van der Waals surface area contributed by atoms with Crippen LogP contribution in [0.1, 0.15) is 137 Å². The Morgan fingerprint density at radius 3 is 2.30 bits per heavy atom. The molecular weight excluding hydrogens is 1130 g/mol. The highest BCUT2D eigenvalue weighted by Crippen LogP contribution is 2.43. The van der Waals surface area contributed by atoms with Crippen LogP contribution in [0.15, 0.2) is 107 Å². The van der Waals surface area contributed by atoms with E-state index in [0.29, 0.717) is 60.3 Å². The maximum atomic E-state index is 14.8. The number of carbonyl (C=O) groups is 5. The Kier molecular flexibility index (Phi) is 22.4. The van der Waals surface area contributed by atoms with Crippen molar-refractivity contribution in [2.24, 2.45) is 10.1 Å². The molecule has 4 aromatic rings. The van der Waals surface area contributed by atoms with Gasteiger partial charge in [-0.15, -0.1) is 11.0 Å². The van der Waals surface area contributed by atoms with Gasteiger partial charge in [-0.3, -0.25) is 14.4 Å². The lowest BCUT2D eigenvalue weighted by atomic mass is 9.84. The Labute approximate surface area is 511 Å². The van der Waals surface area contributed by atoms with Crippen molar-refractivity contribution in [1.29, 1.82) is 0 Å². The van der Waals surface area contributed by atoms with Gasteiger partial charge in [0.2, 0.25) is 17.8 Å². The van der Waals surface area contributed by atoms with Crippen molar-refractivity contribution in [2.45, 2.75) is 173 Å². The smallest absolute Gasteiger partial charge is 0.407 e. The lowest BCUT2D eigenvalue weighted by Gasteiger charge is -2.35. The molecule has 4 aromatic carbocycles. The second-order valence-corrected chi connectivity index (χ2v) is 25.3. The number of benzene rings is 4. The Morgan fingerprint density at radius 2 is 1.59 bits per heavy atom. The highest BCUT2D eigenvalue weighted by molar-refractivity contribution is 7.90. The van der Waals surface area contributed by atoms with Gasteiger partial charge >= 0.3 is 12.1 Å². The van der Waals surface area contributed by atoms with Crippen LogP contribution in [-0.2, 0) is 62.9 Å². The number of ether oxygens (including phenoxy) is 5. The third-order valence-electron chi connectivity index (χ3n) is 15.5. The van der Waals surface area contributed by atoms with Crippen molar-refractivity contribution in [3.63, 3.8) is 0 Å². The predicted molar refractivity (Wildman–Crippen MR) is 336 cm³/mol. The summed E-state index contributed by atoms with van der Waals surface area (Å²) in [6, 6.07) is 17.0. The Hall–Kier alpha value is -8.23. The number of methoxy groups -OCH3 is 1. The Balaban J connectivity index is 1.14. The highest BCUT2D eigenvalue weighted by atomic mass is 32.2. The number of unbranched alkanes of at least 4 members (excludes halogenated alkanes) is 1. The molecule has 3 aliphatic rings. The fourth-order valence-corrected chi connectivity index (χ4v) is 12.4. The quantitative estimate of drug-likeness (QED) is 0.0117. The zero-order chi connectivity index (χ0) is 63.2. The summed E-state index contributed by atoms with van der Waals surface area (Å²) in [4.78, 5) is 69.8. The molecular formula is C67H85N7O12S. The number of alkyl carbamates (subject to hydrolysis) is 1. The molecule has 87 heavy (non-hydrogen) atoms. The van der Waals surface area contributed by atoms with Crippen molar-refractivity contribution in [1.82, 2.24) is 26.6 Å². The van der Waals surface area contributed by atoms with Crippen LogP contribution in [-0.4, -0.2) is 99.9 Å². The molecule has 1 unspecified atom stereocenters. The SMILES string of the molecule is C=CC[C@H](NC(=O)[C@@H](CCC(=C)NC(N)=NS(=O)(=O)c1c(C)c(C)c2c(c1C)CCC(C)(C)O2)NC(=O)[C@@H](CCCCNC(=O)OC(C)(C)C)NC(=O)COc1ccc2c(c1C1=c3ccccc3=CCC1OC)C=CCC2)C(=O)OCc1ccccc1. The first-order chi connectivity index (χ1) is 41.3. The molecule has 20 heteroatoms. The van der Waals surface area contributed by atoms with Crippen molar-refractivity contribution in [3.05, 3.63) is 153 Å². The van der Waals surface area contributed by atoms with Gasteiger partial charge in [0.15, 0.2) is 6.61 Å². The molecule has 0 spiro atoms. The third-order valence-corrected chi connectivity index (χ3v) is 17.0. The molecule has 19 nitrogen and oxygen atoms in total. The topological polar surface area (TPSA) is 264 Å². The average Bonchev–Trinajstić information content (AvgIpc) is 0.884. The molecule has 0 fully saturated rings. The molecule has 1 heterocycles. The number of esters is 1. The molecule has 0 saturated carbocycles. The Bertz CT molecular complexity index is 3550. The van der Waals surface area contributed by atoms with Gasteiger partial charge in [-0.2, -0.15) is 8.42 Å². The first-order valence-electron chi connectivity index (χ1n) is 29.6.